The standard InChI is InChI=1S/C10H6BCl2N3/c11-5-3-1-2-4-6(5)14-8-7(4)15-10(13)16-9(8)12/h1-3,14H,11H2. The summed E-state index contributed by atoms with van der Waals surface area (Å²) in [6.45, 7) is 0. The predicted molar refractivity (Wildman–Crippen MR) is 69.6 cm³/mol. The van der Waals surface area contributed by atoms with E-state index in [0.717, 1.165) is 27.4 Å². The number of rotatable bonds is 0. The van der Waals surface area contributed by atoms with E-state index in [9.17, 15) is 0 Å². The van der Waals surface area contributed by atoms with E-state index in [-0.39, 0.29) is 5.28 Å². The van der Waals surface area contributed by atoms with Crippen LogP contribution < -0.4 is 5.46 Å². The Bertz CT molecular complexity index is 708. The predicted octanol–water partition coefficient (Wildman–Crippen LogP) is 1.68. The van der Waals surface area contributed by atoms with Crippen LogP contribution in [0.15, 0.2) is 18.2 Å². The van der Waals surface area contributed by atoms with Crippen LogP contribution in [0.3, 0.4) is 0 Å². The number of hydrogen-bond donors (Lipinski definition) is 1. The molecule has 16 heavy (non-hydrogen) atoms. The number of hydrogen-bond acceptors (Lipinski definition) is 2. The Kier molecular flexibility index (Phi) is 2.09. The second-order valence-corrected chi connectivity index (χ2v) is 4.33. The fourth-order valence-corrected chi connectivity index (χ4v) is 2.30. The van der Waals surface area contributed by atoms with Gasteiger partial charge in [0.1, 0.15) is 18.9 Å². The Balaban J connectivity index is 2.61. The minimum atomic E-state index is 0.167. The van der Waals surface area contributed by atoms with Crippen molar-refractivity contribution in [3.8, 4) is 0 Å². The second-order valence-electron chi connectivity index (χ2n) is 3.63. The van der Waals surface area contributed by atoms with Gasteiger partial charge in [-0.2, -0.15) is 0 Å². The van der Waals surface area contributed by atoms with Crippen molar-refractivity contribution in [3.05, 3.63) is 28.6 Å². The Morgan fingerprint density at radius 1 is 1.12 bits per heavy atom. The molecule has 0 bridgehead atoms. The minimum Gasteiger partial charge on any atom is -0.351 e. The largest absolute Gasteiger partial charge is 0.351 e. The average molecular weight is 250 g/mol. The van der Waals surface area contributed by atoms with Gasteiger partial charge in [-0.05, 0) is 11.6 Å². The quantitative estimate of drug-likeness (QED) is 0.374. The first kappa shape index (κ1) is 9.93. The van der Waals surface area contributed by atoms with E-state index in [0.29, 0.717) is 5.15 Å². The minimum absolute atomic E-state index is 0.167. The fourth-order valence-electron chi connectivity index (χ4n) is 1.87. The van der Waals surface area contributed by atoms with E-state index in [1.165, 1.54) is 0 Å². The molecule has 1 N–H and O–H groups in total. The number of fused-ring (bicyclic) bond motifs is 3. The molecule has 0 aliphatic carbocycles. The maximum Gasteiger partial charge on any atom is 0.224 e. The molecule has 0 aliphatic heterocycles. The van der Waals surface area contributed by atoms with Gasteiger partial charge >= 0.3 is 0 Å². The molecule has 2 heterocycles. The van der Waals surface area contributed by atoms with Gasteiger partial charge in [0.15, 0.2) is 5.15 Å². The average Bonchev–Trinajstić information content (AvgIpc) is 2.59. The van der Waals surface area contributed by atoms with Crippen molar-refractivity contribution in [1.82, 2.24) is 15.0 Å². The van der Waals surface area contributed by atoms with Crippen LogP contribution in [0.25, 0.3) is 21.9 Å². The first-order valence-electron chi connectivity index (χ1n) is 4.77. The Morgan fingerprint density at radius 2 is 1.94 bits per heavy atom. The number of aromatic amines is 1. The molecule has 3 aromatic rings. The lowest BCUT2D eigenvalue weighted by molar-refractivity contribution is 1.22. The van der Waals surface area contributed by atoms with E-state index >= 15 is 0 Å². The molecule has 0 saturated heterocycles. The van der Waals surface area contributed by atoms with Gasteiger partial charge in [-0.25, -0.2) is 9.97 Å². The molecule has 0 unspecified atom stereocenters. The number of benzene rings is 1. The maximum absolute atomic E-state index is 6.02. The third-order valence-corrected chi connectivity index (χ3v) is 3.06. The van der Waals surface area contributed by atoms with E-state index in [4.69, 9.17) is 23.2 Å². The molecule has 0 fully saturated rings. The molecule has 3 nitrogen and oxygen atoms in total. The molecule has 0 radical (unpaired) electrons. The Hall–Kier alpha value is -1.26. The number of nitrogens with zero attached hydrogens (tertiary/aromatic N) is 2. The number of aromatic nitrogens is 3. The van der Waals surface area contributed by atoms with Crippen molar-refractivity contribution < 1.29 is 0 Å². The normalized spacial score (nSPS) is 11.4. The maximum atomic E-state index is 6.02. The third-order valence-electron chi connectivity index (χ3n) is 2.62. The third kappa shape index (κ3) is 1.30. The number of halogens is 2. The lowest BCUT2D eigenvalue weighted by Crippen LogP contribution is -2.01. The summed E-state index contributed by atoms with van der Waals surface area (Å²) in [5.41, 5.74) is 3.66. The summed E-state index contributed by atoms with van der Waals surface area (Å²) in [4.78, 5) is 11.3. The molecule has 78 valence electrons. The van der Waals surface area contributed by atoms with Crippen LogP contribution in [0, 0.1) is 0 Å². The number of nitrogens with one attached hydrogen (secondary N) is 1. The van der Waals surface area contributed by atoms with Gasteiger partial charge in [0.2, 0.25) is 5.28 Å². The summed E-state index contributed by atoms with van der Waals surface area (Å²) in [6, 6.07) is 6.00. The van der Waals surface area contributed by atoms with Gasteiger partial charge in [0, 0.05) is 10.9 Å². The Labute approximate surface area is 102 Å². The highest BCUT2D eigenvalue weighted by Gasteiger charge is 2.11. The lowest BCUT2D eigenvalue weighted by atomic mass is 9.94. The Morgan fingerprint density at radius 3 is 2.75 bits per heavy atom. The smallest absolute Gasteiger partial charge is 0.224 e. The highest BCUT2D eigenvalue weighted by Crippen LogP contribution is 2.27. The number of H-pyrrole nitrogens is 1. The van der Waals surface area contributed by atoms with Crippen LogP contribution >= 0.6 is 23.2 Å². The van der Waals surface area contributed by atoms with Gasteiger partial charge in [0.05, 0.1) is 0 Å². The zero-order valence-electron chi connectivity index (χ0n) is 8.38. The van der Waals surface area contributed by atoms with Gasteiger partial charge < -0.3 is 4.98 Å². The summed E-state index contributed by atoms with van der Waals surface area (Å²) >= 11 is 11.8. The van der Waals surface area contributed by atoms with Crippen molar-refractivity contribution in [1.29, 1.82) is 0 Å². The summed E-state index contributed by atoms with van der Waals surface area (Å²) in [7, 11) is 2.03. The zero-order chi connectivity index (χ0) is 11.3. The lowest BCUT2D eigenvalue weighted by Gasteiger charge is -1.94. The monoisotopic (exact) mass is 249 g/mol. The summed E-state index contributed by atoms with van der Waals surface area (Å²) in [6.07, 6.45) is 0. The molecule has 0 atom stereocenters. The van der Waals surface area contributed by atoms with Crippen LogP contribution in [-0.2, 0) is 0 Å². The van der Waals surface area contributed by atoms with Crippen molar-refractivity contribution in [3.63, 3.8) is 0 Å². The molecular weight excluding hydrogens is 244 g/mol. The summed E-state index contributed by atoms with van der Waals surface area (Å²) < 4.78 is 0. The molecule has 0 saturated carbocycles. The fraction of sp³-hybridized carbons (Fsp3) is 0. The summed E-state index contributed by atoms with van der Waals surface area (Å²) in [5.74, 6) is 0. The van der Waals surface area contributed by atoms with Crippen molar-refractivity contribution in [2.45, 2.75) is 0 Å². The van der Waals surface area contributed by atoms with Crippen molar-refractivity contribution in [2.24, 2.45) is 0 Å². The van der Waals surface area contributed by atoms with Crippen LogP contribution in [0.5, 0.6) is 0 Å². The molecule has 6 heteroatoms. The van der Waals surface area contributed by atoms with Crippen LogP contribution in [0.2, 0.25) is 10.4 Å². The van der Waals surface area contributed by atoms with Crippen molar-refractivity contribution >= 4 is 58.4 Å². The molecule has 0 aliphatic rings. The zero-order valence-corrected chi connectivity index (χ0v) is 9.89. The topological polar surface area (TPSA) is 41.6 Å². The molecule has 0 spiro atoms. The van der Waals surface area contributed by atoms with Crippen LogP contribution in [-0.4, -0.2) is 22.8 Å². The highest BCUT2D eigenvalue weighted by molar-refractivity contribution is 6.41. The molecule has 2 aromatic heterocycles. The van der Waals surface area contributed by atoms with Gasteiger partial charge in [-0.3, -0.25) is 0 Å². The van der Waals surface area contributed by atoms with E-state index in [2.05, 4.69) is 15.0 Å². The molecule has 0 amide bonds. The summed E-state index contributed by atoms with van der Waals surface area (Å²) in [5, 5.41) is 1.53. The first-order valence-corrected chi connectivity index (χ1v) is 5.52. The van der Waals surface area contributed by atoms with E-state index in [1.54, 1.807) is 0 Å². The van der Waals surface area contributed by atoms with Crippen molar-refractivity contribution in [2.75, 3.05) is 0 Å². The number of para-hydroxylation sites is 1. The van der Waals surface area contributed by atoms with Gasteiger partial charge in [-0.15, -0.1) is 0 Å². The highest BCUT2D eigenvalue weighted by atomic mass is 35.5. The van der Waals surface area contributed by atoms with E-state index in [1.807, 2.05) is 26.0 Å². The SMILES string of the molecule is Bc1cccc2c1[nH]c1c(Cl)nc(Cl)nc12. The van der Waals surface area contributed by atoms with Gasteiger partial charge in [0.25, 0.3) is 0 Å². The molecule has 1 aromatic carbocycles. The van der Waals surface area contributed by atoms with Gasteiger partial charge in [-0.1, -0.05) is 35.3 Å². The van der Waals surface area contributed by atoms with Crippen LogP contribution in [0.4, 0.5) is 0 Å². The molecular formula is C10H6BCl2N3. The van der Waals surface area contributed by atoms with Crippen LogP contribution in [0.1, 0.15) is 0 Å². The first-order chi connectivity index (χ1) is 7.66. The molecule has 3 rings (SSSR count). The van der Waals surface area contributed by atoms with E-state index < -0.39 is 0 Å². The second kappa shape index (κ2) is 3.37.